The Kier molecular flexibility index (Phi) is 3.47. The Labute approximate surface area is 99.0 Å². The van der Waals surface area contributed by atoms with Gasteiger partial charge in [-0.3, -0.25) is 9.78 Å². The van der Waals surface area contributed by atoms with Crippen molar-refractivity contribution < 1.29 is 4.79 Å². The molecule has 2 rings (SSSR count). The number of carbonyl (C=O) groups excluding carboxylic acids is 1. The average Bonchev–Trinajstić information content (AvgIpc) is 2.79. The van der Waals surface area contributed by atoms with Crippen molar-refractivity contribution in [2.75, 3.05) is 0 Å². The van der Waals surface area contributed by atoms with Crippen LogP contribution in [0.15, 0.2) is 35.8 Å². The van der Waals surface area contributed by atoms with Gasteiger partial charge in [0.2, 0.25) is 0 Å². The second-order valence-corrected chi connectivity index (χ2v) is 4.67. The van der Waals surface area contributed by atoms with Gasteiger partial charge in [0.05, 0.1) is 0 Å². The Morgan fingerprint density at radius 1 is 1.38 bits per heavy atom. The van der Waals surface area contributed by atoms with Crippen molar-refractivity contribution in [2.24, 2.45) is 0 Å². The lowest BCUT2D eigenvalue weighted by molar-refractivity contribution is 0.0982. The number of aromatic nitrogens is 1. The van der Waals surface area contributed by atoms with Gasteiger partial charge in [-0.25, -0.2) is 0 Å². The molecule has 3 heteroatoms. The number of Topliss-reactive ketones (excluding diaryl/α,β-unsaturated/α-hetero) is 1. The van der Waals surface area contributed by atoms with Crippen LogP contribution in [0.3, 0.4) is 0 Å². The minimum Gasteiger partial charge on any atom is -0.294 e. The molecule has 0 spiro atoms. The predicted molar refractivity (Wildman–Crippen MR) is 65.9 cm³/mol. The van der Waals surface area contributed by atoms with Crippen LogP contribution in [0.1, 0.15) is 27.3 Å². The molecule has 0 saturated carbocycles. The fourth-order valence-corrected chi connectivity index (χ4v) is 2.31. The lowest BCUT2D eigenvalue weighted by atomic mass is 10.1. The van der Waals surface area contributed by atoms with Gasteiger partial charge in [-0.1, -0.05) is 6.07 Å². The molecule has 0 bridgehead atoms. The zero-order chi connectivity index (χ0) is 11.4. The SMILES string of the molecule is Cc1ncccc1C(=O)CCc1cccs1. The predicted octanol–water partition coefficient (Wildman–Crippen LogP) is 3.27. The summed E-state index contributed by atoms with van der Waals surface area (Å²) in [5, 5.41) is 2.04. The van der Waals surface area contributed by atoms with Crippen molar-refractivity contribution in [1.82, 2.24) is 4.98 Å². The van der Waals surface area contributed by atoms with Gasteiger partial charge >= 0.3 is 0 Å². The van der Waals surface area contributed by atoms with Crippen molar-refractivity contribution >= 4 is 17.1 Å². The van der Waals surface area contributed by atoms with Crippen LogP contribution < -0.4 is 0 Å². The Morgan fingerprint density at radius 2 is 2.25 bits per heavy atom. The molecule has 0 aliphatic carbocycles. The lowest BCUT2D eigenvalue weighted by Gasteiger charge is -2.02. The van der Waals surface area contributed by atoms with Crippen LogP contribution in [-0.4, -0.2) is 10.8 Å². The van der Waals surface area contributed by atoms with Gasteiger partial charge in [-0.2, -0.15) is 0 Å². The van der Waals surface area contributed by atoms with Crippen LogP contribution in [0.5, 0.6) is 0 Å². The average molecular weight is 231 g/mol. The molecule has 2 nitrogen and oxygen atoms in total. The number of carbonyl (C=O) groups is 1. The van der Waals surface area contributed by atoms with Crippen LogP contribution in [0.25, 0.3) is 0 Å². The second-order valence-electron chi connectivity index (χ2n) is 3.64. The standard InChI is InChI=1S/C13H13NOS/c1-10-12(5-2-8-14-10)13(15)7-6-11-4-3-9-16-11/h2-5,8-9H,6-7H2,1H3. The van der Waals surface area contributed by atoms with Gasteiger partial charge in [0.25, 0.3) is 0 Å². The quantitative estimate of drug-likeness (QED) is 0.756. The topological polar surface area (TPSA) is 30.0 Å². The molecule has 0 atom stereocenters. The van der Waals surface area contributed by atoms with Gasteiger partial charge in [-0.15, -0.1) is 11.3 Å². The maximum atomic E-state index is 11.9. The third-order valence-electron chi connectivity index (χ3n) is 2.49. The molecular formula is C13H13NOS. The Balaban J connectivity index is 2.01. The summed E-state index contributed by atoms with van der Waals surface area (Å²) in [5.41, 5.74) is 1.57. The van der Waals surface area contributed by atoms with Gasteiger partial charge in [0.15, 0.2) is 5.78 Å². The summed E-state index contributed by atoms with van der Waals surface area (Å²) in [6.07, 6.45) is 3.10. The summed E-state index contributed by atoms with van der Waals surface area (Å²) in [6.45, 7) is 1.87. The van der Waals surface area contributed by atoms with Crippen molar-refractivity contribution in [3.05, 3.63) is 52.0 Å². The Bertz CT molecular complexity index is 476. The first-order chi connectivity index (χ1) is 7.77. The van der Waals surface area contributed by atoms with Crippen LogP contribution in [0, 0.1) is 6.92 Å². The van der Waals surface area contributed by atoms with Gasteiger partial charge < -0.3 is 0 Å². The monoisotopic (exact) mass is 231 g/mol. The number of hydrogen-bond acceptors (Lipinski definition) is 3. The Hall–Kier alpha value is -1.48. The molecule has 0 aliphatic heterocycles. The second kappa shape index (κ2) is 5.03. The van der Waals surface area contributed by atoms with Crippen molar-refractivity contribution in [3.63, 3.8) is 0 Å². The molecule has 2 aromatic rings. The molecule has 16 heavy (non-hydrogen) atoms. The summed E-state index contributed by atoms with van der Waals surface area (Å²) >= 11 is 1.70. The highest BCUT2D eigenvalue weighted by Crippen LogP contribution is 2.14. The van der Waals surface area contributed by atoms with E-state index in [4.69, 9.17) is 0 Å². The van der Waals surface area contributed by atoms with Crippen LogP contribution in [0.4, 0.5) is 0 Å². The molecule has 0 N–H and O–H groups in total. The minimum atomic E-state index is 0.180. The molecule has 0 aliphatic rings. The summed E-state index contributed by atoms with van der Waals surface area (Å²) in [5.74, 6) is 0.180. The lowest BCUT2D eigenvalue weighted by Crippen LogP contribution is -2.03. The smallest absolute Gasteiger partial charge is 0.165 e. The molecule has 82 valence electrons. The van der Waals surface area contributed by atoms with E-state index in [2.05, 4.69) is 11.1 Å². The van der Waals surface area contributed by atoms with Gasteiger partial charge in [-0.05, 0) is 36.9 Å². The molecule has 2 aromatic heterocycles. The molecule has 2 heterocycles. The third kappa shape index (κ3) is 2.55. The van der Waals surface area contributed by atoms with Crippen LogP contribution in [-0.2, 0) is 6.42 Å². The maximum Gasteiger partial charge on any atom is 0.165 e. The summed E-state index contributed by atoms with van der Waals surface area (Å²) < 4.78 is 0. The van der Waals surface area contributed by atoms with E-state index in [1.165, 1.54) is 4.88 Å². The third-order valence-corrected chi connectivity index (χ3v) is 3.42. The first-order valence-electron chi connectivity index (χ1n) is 5.24. The molecule has 0 radical (unpaired) electrons. The highest BCUT2D eigenvalue weighted by molar-refractivity contribution is 7.09. The Morgan fingerprint density at radius 3 is 2.94 bits per heavy atom. The van der Waals surface area contributed by atoms with Gasteiger partial charge in [0, 0.05) is 28.8 Å². The molecule has 0 aromatic carbocycles. The highest BCUT2D eigenvalue weighted by Gasteiger charge is 2.09. The van der Waals surface area contributed by atoms with E-state index >= 15 is 0 Å². The molecule has 0 fully saturated rings. The maximum absolute atomic E-state index is 11.9. The fourth-order valence-electron chi connectivity index (χ4n) is 1.61. The van der Waals surface area contributed by atoms with Crippen LogP contribution in [0.2, 0.25) is 0 Å². The molecule has 0 amide bonds. The number of aryl methyl sites for hydroxylation is 2. The number of pyridine rings is 1. The number of hydrogen-bond donors (Lipinski definition) is 0. The van der Waals surface area contributed by atoms with E-state index in [9.17, 15) is 4.79 Å². The number of ketones is 1. The summed E-state index contributed by atoms with van der Waals surface area (Å²) in [4.78, 5) is 17.3. The van der Waals surface area contributed by atoms with E-state index in [0.29, 0.717) is 6.42 Å². The zero-order valence-corrected chi connectivity index (χ0v) is 9.96. The normalized spacial score (nSPS) is 10.3. The van der Waals surface area contributed by atoms with Crippen molar-refractivity contribution in [1.29, 1.82) is 0 Å². The first-order valence-corrected chi connectivity index (χ1v) is 6.12. The molecular weight excluding hydrogens is 218 g/mol. The largest absolute Gasteiger partial charge is 0.294 e. The number of nitrogens with zero attached hydrogens (tertiary/aromatic N) is 1. The van der Waals surface area contributed by atoms with Crippen molar-refractivity contribution in [3.8, 4) is 0 Å². The zero-order valence-electron chi connectivity index (χ0n) is 9.14. The number of thiophene rings is 1. The summed E-state index contributed by atoms with van der Waals surface area (Å²) in [7, 11) is 0. The van der Waals surface area contributed by atoms with Gasteiger partial charge in [0.1, 0.15) is 0 Å². The van der Waals surface area contributed by atoms with E-state index in [-0.39, 0.29) is 5.78 Å². The number of rotatable bonds is 4. The van der Waals surface area contributed by atoms with E-state index < -0.39 is 0 Å². The van der Waals surface area contributed by atoms with E-state index in [0.717, 1.165) is 17.7 Å². The van der Waals surface area contributed by atoms with Crippen LogP contribution >= 0.6 is 11.3 Å². The highest BCUT2D eigenvalue weighted by atomic mass is 32.1. The minimum absolute atomic E-state index is 0.180. The van der Waals surface area contributed by atoms with E-state index in [1.807, 2.05) is 30.5 Å². The summed E-state index contributed by atoms with van der Waals surface area (Å²) in [6, 6.07) is 7.73. The van der Waals surface area contributed by atoms with E-state index in [1.54, 1.807) is 17.5 Å². The fraction of sp³-hybridized carbons (Fsp3) is 0.231. The van der Waals surface area contributed by atoms with Crippen molar-refractivity contribution in [2.45, 2.75) is 19.8 Å². The molecule has 0 unspecified atom stereocenters. The molecule has 0 saturated heterocycles. The first kappa shape index (κ1) is 11.0.